The SMILES string of the molecule is COCOc1c(OC)c(C)cc2c1[C@H]1[N-][C@@H](C2)CN2C1[C@@H]1SC[C@H](OC(=O)C(F)(F)F)C(=O)OC[C@H]2c2c3c(c(C)c(OC(C)=O)c21)OCO3. The largest absolute Gasteiger partial charge is 0.650 e. The molecule has 5 heterocycles. The number of hydrogen-bond acceptors (Lipinski definition) is 13. The van der Waals surface area contributed by atoms with E-state index in [0.29, 0.717) is 52.7 Å². The van der Waals surface area contributed by atoms with Crippen molar-refractivity contribution in [2.24, 2.45) is 0 Å². The Kier molecular flexibility index (Phi) is 8.97. The average Bonchev–Trinajstić information content (AvgIpc) is 3.55. The summed E-state index contributed by atoms with van der Waals surface area (Å²) >= 11 is 1.07. The predicted molar refractivity (Wildman–Crippen MR) is 168 cm³/mol. The summed E-state index contributed by atoms with van der Waals surface area (Å²) in [4.78, 5) is 40.0. The van der Waals surface area contributed by atoms with E-state index in [2.05, 4.69) is 4.90 Å². The third-order valence-electron chi connectivity index (χ3n) is 9.52. The van der Waals surface area contributed by atoms with Gasteiger partial charge in [0.1, 0.15) is 12.4 Å². The molecule has 6 atom stereocenters. The summed E-state index contributed by atoms with van der Waals surface area (Å²) in [5.74, 6) is -2.75. The Morgan fingerprint density at radius 3 is 2.52 bits per heavy atom. The van der Waals surface area contributed by atoms with Gasteiger partial charge in [-0.15, -0.1) is 17.8 Å². The van der Waals surface area contributed by atoms with Crippen LogP contribution in [0.5, 0.6) is 28.7 Å². The predicted octanol–water partition coefficient (Wildman–Crippen LogP) is 4.53. The van der Waals surface area contributed by atoms with Gasteiger partial charge in [-0.25, -0.2) is 9.59 Å². The van der Waals surface area contributed by atoms with E-state index in [4.69, 9.17) is 43.2 Å². The first-order chi connectivity index (χ1) is 23.8. The molecule has 17 heteroatoms. The number of ether oxygens (including phenoxy) is 8. The molecule has 0 radical (unpaired) electrons. The number of hydrogen-bond donors (Lipinski definition) is 0. The smallest absolute Gasteiger partial charge is 0.490 e. The standard InChI is InChI=1S/C33H34F3N2O11S/c1-13-6-16-7-17-8-38-18-9-44-31(40)19(49-32(41)33(34,35)36)10-50-30(24(38)23(37-17)20(16)28(25(13)43-5)45-11-42-4)22-21(18)29-27(46-12-47-29)14(2)26(22)48-15(3)39/h6,17-19,23-24,30H,7-12H2,1-5H3/q-1/t17-,18-,19-,23+,24?,30+/m0/s1. The zero-order valence-corrected chi connectivity index (χ0v) is 28.5. The molecule has 1 unspecified atom stereocenters. The Bertz CT molecular complexity index is 1750. The van der Waals surface area contributed by atoms with Crippen LogP contribution >= 0.6 is 11.8 Å². The molecule has 5 aliphatic heterocycles. The second kappa shape index (κ2) is 13.0. The van der Waals surface area contributed by atoms with Gasteiger partial charge in [0.15, 0.2) is 29.8 Å². The molecule has 4 bridgehead atoms. The van der Waals surface area contributed by atoms with Gasteiger partial charge in [0.2, 0.25) is 12.9 Å². The number of carbonyl (C=O) groups is 3. The maximum absolute atomic E-state index is 13.3. The molecule has 13 nitrogen and oxygen atoms in total. The maximum Gasteiger partial charge on any atom is 0.490 e. The fraction of sp³-hybridized carbons (Fsp3) is 0.545. The van der Waals surface area contributed by atoms with E-state index < -0.39 is 59.3 Å². The number of carbonyl (C=O) groups excluding carboxylic acids is 3. The number of fused-ring (bicyclic) bond motifs is 9. The molecule has 7 rings (SSSR count). The van der Waals surface area contributed by atoms with Crippen molar-refractivity contribution in [1.29, 1.82) is 0 Å². The highest BCUT2D eigenvalue weighted by Gasteiger charge is 2.53. The minimum atomic E-state index is -5.33. The third-order valence-corrected chi connectivity index (χ3v) is 10.9. The first-order valence-electron chi connectivity index (χ1n) is 15.8. The summed E-state index contributed by atoms with van der Waals surface area (Å²) in [5, 5.41) is 4.54. The van der Waals surface area contributed by atoms with Crippen LogP contribution in [-0.2, 0) is 35.0 Å². The van der Waals surface area contributed by atoms with Gasteiger partial charge in [-0.05, 0) is 43.5 Å². The number of rotatable bonds is 6. The molecule has 2 aromatic carbocycles. The van der Waals surface area contributed by atoms with Crippen molar-refractivity contribution in [3.63, 3.8) is 0 Å². The van der Waals surface area contributed by atoms with Crippen LogP contribution in [-0.4, -0.2) is 93.9 Å². The Labute approximate surface area is 288 Å². The Hall–Kier alpha value is -3.93. The molecule has 2 saturated heterocycles. The highest BCUT2D eigenvalue weighted by Crippen LogP contribution is 2.64. The van der Waals surface area contributed by atoms with Crippen LogP contribution in [0.4, 0.5) is 13.2 Å². The zero-order valence-electron chi connectivity index (χ0n) is 27.7. The molecule has 0 N–H and O–H groups in total. The number of aryl methyl sites for hydroxylation is 1. The second-order valence-corrected chi connectivity index (χ2v) is 13.7. The number of thioether (sulfide) groups is 1. The summed E-state index contributed by atoms with van der Waals surface area (Å²) in [5.41, 5.74) is 4.17. The molecule has 270 valence electrons. The van der Waals surface area contributed by atoms with Crippen LogP contribution in [0.25, 0.3) is 5.32 Å². The van der Waals surface area contributed by atoms with Crippen molar-refractivity contribution in [2.75, 3.05) is 46.7 Å². The summed E-state index contributed by atoms with van der Waals surface area (Å²) < 4.78 is 85.3. The van der Waals surface area contributed by atoms with Gasteiger partial charge in [-0.1, -0.05) is 12.1 Å². The summed E-state index contributed by atoms with van der Waals surface area (Å²) in [6.45, 7) is 4.78. The van der Waals surface area contributed by atoms with E-state index >= 15 is 0 Å². The number of piperazine rings is 1. The number of methoxy groups -OCH3 is 2. The van der Waals surface area contributed by atoms with Crippen molar-refractivity contribution in [2.45, 2.75) is 68.9 Å². The van der Waals surface area contributed by atoms with Crippen LogP contribution < -0.4 is 23.7 Å². The van der Waals surface area contributed by atoms with Gasteiger partial charge in [0, 0.05) is 47.8 Å². The number of esters is 3. The number of nitrogens with zero attached hydrogens (tertiary/aromatic N) is 2. The summed E-state index contributed by atoms with van der Waals surface area (Å²) in [6, 6.07) is -0.0668. The minimum absolute atomic E-state index is 0.0815. The van der Waals surface area contributed by atoms with E-state index in [1.807, 2.05) is 13.0 Å². The fourth-order valence-corrected chi connectivity index (χ4v) is 9.23. The summed E-state index contributed by atoms with van der Waals surface area (Å²) in [7, 11) is 3.03. The number of cyclic esters (lactones) is 1. The maximum atomic E-state index is 13.3. The van der Waals surface area contributed by atoms with Crippen LogP contribution in [0.3, 0.4) is 0 Å². The quantitative estimate of drug-likeness (QED) is 0.234. The van der Waals surface area contributed by atoms with Crippen molar-refractivity contribution >= 4 is 29.7 Å². The van der Waals surface area contributed by atoms with Gasteiger partial charge in [-0.3, -0.25) is 9.69 Å². The molecule has 2 fully saturated rings. The highest BCUT2D eigenvalue weighted by molar-refractivity contribution is 7.99. The van der Waals surface area contributed by atoms with E-state index in [1.54, 1.807) is 6.92 Å². The molecular formula is C33H34F3N2O11S-. The first-order valence-corrected chi connectivity index (χ1v) is 16.9. The van der Waals surface area contributed by atoms with Crippen LogP contribution in [0.15, 0.2) is 6.07 Å². The molecule has 0 amide bonds. The number of alkyl halides is 3. The van der Waals surface area contributed by atoms with Gasteiger partial charge >= 0.3 is 24.1 Å². The molecule has 0 spiro atoms. The second-order valence-electron chi connectivity index (χ2n) is 12.6. The Morgan fingerprint density at radius 1 is 1.06 bits per heavy atom. The number of benzene rings is 2. The molecule has 0 saturated carbocycles. The van der Waals surface area contributed by atoms with Crippen molar-refractivity contribution in [1.82, 2.24) is 4.90 Å². The lowest BCUT2D eigenvalue weighted by molar-refractivity contribution is -0.207. The van der Waals surface area contributed by atoms with Gasteiger partial charge in [-0.2, -0.15) is 13.2 Å². The normalized spacial score (nSPS) is 26.6. The Balaban J connectivity index is 1.45. The van der Waals surface area contributed by atoms with E-state index in [0.717, 1.165) is 28.5 Å². The van der Waals surface area contributed by atoms with E-state index in [9.17, 15) is 27.6 Å². The molecule has 50 heavy (non-hydrogen) atoms. The third kappa shape index (κ3) is 5.67. The minimum Gasteiger partial charge on any atom is -0.650 e. The molecule has 0 aliphatic carbocycles. The lowest BCUT2D eigenvalue weighted by atomic mass is 9.74. The first kappa shape index (κ1) is 34.5. The van der Waals surface area contributed by atoms with Crippen molar-refractivity contribution in [3.8, 4) is 28.7 Å². The van der Waals surface area contributed by atoms with Crippen molar-refractivity contribution in [3.05, 3.63) is 44.8 Å². The number of halogens is 3. The van der Waals surface area contributed by atoms with Crippen LogP contribution in [0, 0.1) is 13.8 Å². The van der Waals surface area contributed by atoms with Gasteiger partial charge in [0.25, 0.3) is 0 Å². The summed E-state index contributed by atoms with van der Waals surface area (Å²) in [6.07, 6.45) is -6.65. The van der Waals surface area contributed by atoms with E-state index in [-0.39, 0.29) is 32.0 Å². The van der Waals surface area contributed by atoms with Gasteiger partial charge in [0.05, 0.1) is 13.2 Å². The monoisotopic (exact) mass is 723 g/mol. The lowest BCUT2D eigenvalue weighted by Crippen LogP contribution is -2.58. The Morgan fingerprint density at radius 2 is 1.82 bits per heavy atom. The van der Waals surface area contributed by atoms with Crippen molar-refractivity contribution < 1.29 is 65.4 Å². The van der Waals surface area contributed by atoms with Crippen LogP contribution in [0.2, 0.25) is 0 Å². The zero-order chi connectivity index (χ0) is 35.6. The van der Waals surface area contributed by atoms with Crippen LogP contribution in [0.1, 0.15) is 57.6 Å². The molecule has 2 aromatic rings. The van der Waals surface area contributed by atoms with Gasteiger partial charge < -0.3 is 43.2 Å². The fourth-order valence-electron chi connectivity index (χ4n) is 7.74. The highest BCUT2D eigenvalue weighted by atomic mass is 32.2. The van der Waals surface area contributed by atoms with E-state index in [1.165, 1.54) is 21.1 Å². The molecular weight excluding hydrogens is 689 g/mol. The molecule has 5 aliphatic rings. The molecule has 0 aromatic heterocycles. The average molecular weight is 724 g/mol. The lowest BCUT2D eigenvalue weighted by Gasteiger charge is -2.63. The topological polar surface area (TPSA) is 142 Å².